The molecule has 118 valence electrons. The fourth-order valence-electron chi connectivity index (χ4n) is 2.59. The maximum absolute atomic E-state index is 13.7. The minimum absolute atomic E-state index is 0.0284. The fraction of sp³-hybridized carbons (Fsp3) is 0.500. The molecule has 1 aliphatic rings. The van der Waals surface area contributed by atoms with E-state index < -0.39 is 18.4 Å². The Kier molecular flexibility index (Phi) is 3.78. The van der Waals surface area contributed by atoms with Gasteiger partial charge in [0.1, 0.15) is 5.82 Å². The summed E-state index contributed by atoms with van der Waals surface area (Å²) >= 11 is 0. The van der Waals surface area contributed by atoms with Crippen LogP contribution in [-0.4, -0.2) is 45.9 Å². The smallest absolute Gasteiger partial charge is 0.261 e. The summed E-state index contributed by atoms with van der Waals surface area (Å²) in [5.41, 5.74) is 0.602. The molecule has 0 aromatic carbocycles. The van der Waals surface area contributed by atoms with Crippen molar-refractivity contribution in [3.63, 3.8) is 0 Å². The Morgan fingerprint density at radius 1 is 1.50 bits per heavy atom. The molecule has 3 heterocycles. The average molecular weight is 310 g/mol. The second-order valence-electron chi connectivity index (χ2n) is 5.36. The largest absolute Gasteiger partial charge is 0.396 e. The molecular weight excluding hydrogens is 294 g/mol. The third kappa shape index (κ3) is 2.66. The number of pyridine rings is 1. The van der Waals surface area contributed by atoms with E-state index in [-0.39, 0.29) is 19.5 Å². The Hall–Kier alpha value is -2.09. The van der Waals surface area contributed by atoms with Gasteiger partial charge >= 0.3 is 0 Å². The van der Waals surface area contributed by atoms with Crippen LogP contribution >= 0.6 is 0 Å². The van der Waals surface area contributed by atoms with Crippen LogP contribution in [0, 0.1) is 12.8 Å². The quantitative estimate of drug-likeness (QED) is 0.933. The number of piperidine rings is 1. The number of hydrogen-bond acceptors (Lipinski definition) is 6. The molecule has 22 heavy (non-hydrogen) atoms. The summed E-state index contributed by atoms with van der Waals surface area (Å²) in [5, 5.41) is 13.0. The number of anilines is 1. The summed E-state index contributed by atoms with van der Waals surface area (Å²) in [6.07, 6.45) is 1.26. The Morgan fingerprint density at radius 3 is 3.00 bits per heavy atom. The first-order valence-corrected chi connectivity index (χ1v) is 7.00. The lowest BCUT2D eigenvalue weighted by atomic mass is 9.94. The maximum Gasteiger partial charge on any atom is 0.261 e. The van der Waals surface area contributed by atoms with Gasteiger partial charge in [-0.3, -0.25) is 0 Å². The molecule has 6 nitrogen and oxygen atoms in total. The van der Waals surface area contributed by atoms with E-state index in [4.69, 9.17) is 4.52 Å². The number of rotatable bonds is 3. The summed E-state index contributed by atoms with van der Waals surface area (Å²) in [4.78, 5) is 10.2. The molecule has 2 aromatic rings. The van der Waals surface area contributed by atoms with Crippen molar-refractivity contribution in [2.75, 3.05) is 24.6 Å². The fourth-order valence-corrected chi connectivity index (χ4v) is 2.59. The summed E-state index contributed by atoms with van der Waals surface area (Å²) in [6.45, 7) is 1.32. The van der Waals surface area contributed by atoms with E-state index >= 15 is 0 Å². The summed E-state index contributed by atoms with van der Waals surface area (Å²) in [6, 6.07) is 3.48. The maximum atomic E-state index is 13.7. The molecule has 2 aromatic heterocycles. The topological polar surface area (TPSA) is 75.3 Å². The Labute approximate surface area is 125 Å². The van der Waals surface area contributed by atoms with Crippen molar-refractivity contribution in [2.45, 2.75) is 19.3 Å². The summed E-state index contributed by atoms with van der Waals surface area (Å²) < 4.78 is 32.6. The van der Waals surface area contributed by atoms with E-state index in [2.05, 4.69) is 15.1 Å². The molecule has 0 saturated carbocycles. The van der Waals surface area contributed by atoms with Crippen molar-refractivity contribution in [1.29, 1.82) is 0 Å². The van der Waals surface area contributed by atoms with Gasteiger partial charge in [0.05, 0.1) is 18.1 Å². The third-order valence-electron chi connectivity index (χ3n) is 3.82. The SMILES string of the molecule is Cc1noc(-c2cccnc2N2CCC(F)(F)C(CO)C2)n1. The zero-order valence-electron chi connectivity index (χ0n) is 12.0. The molecule has 8 heteroatoms. The molecule has 1 saturated heterocycles. The lowest BCUT2D eigenvalue weighted by molar-refractivity contribution is -0.0880. The van der Waals surface area contributed by atoms with Gasteiger partial charge in [0.15, 0.2) is 5.82 Å². The zero-order valence-corrected chi connectivity index (χ0v) is 12.0. The van der Waals surface area contributed by atoms with E-state index in [9.17, 15) is 13.9 Å². The third-order valence-corrected chi connectivity index (χ3v) is 3.82. The molecule has 3 rings (SSSR count). The normalized spacial score (nSPS) is 21.1. The lowest BCUT2D eigenvalue weighted by Crippen LogP contribution is -2.49. The van der Waals surface area contributed by atoms with E-state index in [0.29, 0.717) is 23.1 Å². The highest BCUT2D eigenvalue weighted by Crippen LogP contribution is 2.37. The van der Waals surface area contributed by atoms with Gasteiger partial charge in [-0.2, -0.15) is 4.98 Å². The van der Waals surface area contributed by atoms with Crippen LogP contribution in [0.5, 0.6) is 0 Å². The lowest BCUT2D eigenvalue weighted by Gasteiger charge is -2.38. The minimum Gasteiger partial charge on any atom is -0.396 e. The van der Waals surface area contributed by atoms with E-state index in [1.807, 2.05) is 0 Å². The van der Waals surface area contributed by atoms with Crippen molar-refractivity contribution >= 4 is 5.82 Å². The monoisotopic (exact) mass is 310 g/mol. The first kappa shape index (κ1) is 14.8. The number of aromatic nitrogens is 3. The number of aliphatic hydroxyl groups excluding tert-OH is 1. The van der Waals surface area contributed by atoms with E-state index in [1.165, 1.54) is 0 Å². The standard InChI is InChI=1S/C14H16F2N4O2/c1-9-18-13(22-19-9)11-3-2-5-17-12(11)20-6-4-14(15,16)10(7-20)8-21/h2-3,5,10,21H,4,6-8H2,1H3. The molecule has 0 radical (unpaired) electrons. The van der Waals surface area contributed by atoms with Gasteiger partial charge in [-0.05, 0) is 19.1 Å². The van der Waals surface area contributed by atoms with Crippen LogP contribution in [0.25, 0.3) is 11.5 Å². The first-order valence-electron chi connectivity index (χ1n) is 7.00. The molecule has 1 aliphatic heterocycles. The van der Waals surface area contributed by atoms with Crippen molar-refractivity contribution in [3.05, 3.63) is 24.2 Å². The van der Waals surface area contributed by atoms with Gasteiger partial charge in [-0.15, -0.1) is 0 Å². The highest BCUT2D eigenvalue weighted by Gasteiger charge is 2.44. The molecule has 0 spiro atoms. The molecule has 0 bridgehead atoms. The van der Waals surface area contributed by atoms with Crippen LogP contribution in [-0.2, 0) is 0 Å². The van der Waals surface area contributed by atoms with Gasteiger partial charge < -0.3 is 14.5 Å². The highest BCUT2D eigenvalue weighted by molar-refractivity contribution is 5.69. The number of nitrogens with zero attached hydrogens (tertiary/aromatic N) is 4. The molecule has 1 fully saturated rings. The second-order valence-corrected chi connectivity index (χ2v) is 5.36. The van der Waals surface area contributed by atoms with Crippen LogP contribution in [0.4, 0.5) is 14.6 Å². The van der Waals surface area contributed by atoms with Gasteiger partial charge in [-0.1, -0.05) is 5.16 Å². The molecule has 1 N–H and O–H groups in total. The van der Waals surface area contributed by atoms with Gasteiger partial charge in [0.2, 0.25) is 0 Å². The van der Waals surface area contributed by atoms with Gasteiger partial charge in [0.25, 0.3) is 11.8 Å². The second kappa shape index (κ2) is 5.60. The van der Waals surface area contributed by atoms with Crippen LogP contribution in [0.3, 0.4) is 0 Å². The van der Waals surface area contributed by atoms with Crippen molar-refractivity contribution < 1.29 is 18.4 Å². The molecular formula is C14H16F2N4O2. The van der Waals surface area contributed by atoms with Crippen LogP contribution in [0.2, 0.25) is 0 Å². The van der Waals surface area contributed by atoms with Crippen LogP contribution < -0.4 is 4.90 Å². The predicted octanol–water partition coefficient (Wildman–Crippen LogP) is 1.89. The number of hydrogen-bond donors (Lipinski definition) is 1. The average Bonchev–Trinajstić information content (AvgIpc) is 2.93. The van der Waals surface area contributed by atoms with Crippen LogP contribution in [0.15, 0.2) is 22.9 Å². The number of alkyl halides is 2. The number of aliphatic hydroxyl groups is 1. The molecule has 0 amide bonds. The van der Waals surface area contributed by atoms with E-state index in [0.717, 1.165) is 0 Å². The van der Waals surface area contributed by atoms with Gasteiger partial charge in [-0.25, -0.2) is 13.8 Å². The predicted molar refractivity (Wildman–Crippen MR) is 74.6 cm³/mol. The Morgan fingerprint density at radius 2 is 2.32 bits per heavy atom. The molecule has 0 aliphatic carbocycles. The highest BCUT2D eigenvalue weighted by atomic mass is 19.3. The zero-order chi connectivity index (χ0) is 15.7. The van der Waals surface area contributed by atoms with Crippen molar-refractivity contribution in [1.82, 2.24) is 15.1 Å². The van der Waals surface area contributed by atoms with Crippen molar-refractivity contribution in [2.24, 2.45) is 5.92 Å². The molecule has 1 unspecified atom stereocenters. The molecule has 1 atom stereocenters. The van der Waals surface area contributed by atoms with E-state index in [1.54, 1.807) is 30.2 Å². The first-order chi connectivity index (χ1) is 10.5. The Balaban J connectivity index is 1.93. The number of halogens is 2. The summed E-state index contributed by atoms with van der Waals surface area (Å²) in [7, 11) is 0. The Bertz CT molecular complexity index is 662. The minimum atomic E-state index is -2.86. The number of aryl methyl sites for hydroxylation is 1. The van der Waals surface area contributed by atoms with Crippen LogP contribution in [0.1, 0.15) is 12.2 Å². The summed E-state index contributed by atoms with van der Waals surface area (Å²) in [5.74, 6) is -2.66. The van der Waals surface area contributed by atoms with Crippen molar-refractivity contribution in [3.8, 4) is 11.5 Å². The van der Waals surface area contributed by atoms with Gasteiger partial charge in [0, 0.05) is 25.7 Å².